The number of pyridine rings is 1. The van der Waals surface area contributed by atoms with Crippen LogP contribution in [0.3, 0.4) is 0 Å². The lowest BCUT2D eigenvalue weighted by Gasteiger charge is -2.16. The third-order valence-electron chi connectivity index (χ3n) is 3.68. The summed E-state index contributed by atoms with van der Waals surface area (Å²) in [5.41, 5.74) is 0.736. The van der Waals surface area contributed by atoms with Crippen molar-refractivity contribution in [2.75, 3.05) is 18.6 Å². The van der Waals surface area contributed by atoms with Gasteiger partial charge in [0, 0.05) is 24.8 Å². The summed E-state index contributed by atoms with van der Waals surface area (Å²) in [6, 6.07) is 10.8. The molecule has 0 saturated carbocycles. The topological polar surface area (TPSA) is 68.7 Å². The average Bonchev–Trinajstić information content (AvgIpc) is 2.98. The van der Waals surface area contributed by atoms with Crippen LogP contribution in [-0.4, -0.2) is 30.5 Å². The largest absolute Gasteiger partial charge is 0.469 e. The van der Waals surface area contributed by atoms with E-state index in [1.165, 1.54) is 7.11 Å². The van der Waals surface area contributed by atoms with Crippen LogP contribution in [0.4, 0.5) is 5.69 Å². The second-order valence-electron chi connectivity index (χ2n) is 5.21. The molecule has 1 amide bonds. The highest BCUT2D eigenvalue weighted by Crippen LogP contribution is 2.28. The van der Waals surface area contributed by atoms with Crippen molar-refractivity contribution in [1.82, 2.24) is 4.98 Å². The van der Waals surface area contributed by atoms with Crippen LogP contribution in [0.2, 0.25) is 0 Å². The van der Waals surface area contributed by atoms with Gasteiger partial charge in [0.1, 0.15) is 11.5 Å². The Hall–Kier alpha value is -2.89. The van der Waals surface area contributed by atoms with Crippen LogP contribution in [0, 0.1) is 5.92 Å². The SMILES string of the molecule is COC(=O)C1CC(=O)N(c2ccc(Oc3cccnc3)cc2)C1. The fourth-order valence-electron chi connectivity index (χ4n) is 2.52. The van der Waals surface area contributed by atoms with E-state index in [1.807, 2.05) is 6.07 Å². The van der Waals surface area contributed by atoms with Gasteiger partial charge in [-0.15, -0.1) is 0 Å². The smallest absolute Gasteiger partial charge is 0.311 e. The Bertz CT molecular complexity index is 700. The van der Waals surface area contributed by atoms with Crippen molar-refractivity contribution in [3.8, 4) is 11.5 Å². The number of nitrogens with zero attached hydrogens (tertiary/aromatic N) is 2. The molecule has 1 aromatic carbocycles. The summed E-state index contributed by atoms with van der Waals surface area (Å²) < 4.78 is 10.4. The number of hydrogen-bond donors (Lipinski definition) is 0. The van der Waals surface area contributed by atoms with Crippen molar-refractivity contribution in [2.24, 2.45) is 5.92 Å². The molecule has 1 aromatic heterocycles. The molecule has 1 unspecified atom stereocenters. The first-order chi connectivity index (χ1) is 11.2. The minimum absolute atomic E-state index is 0.0821. The normalized spacial score (nSPS) is 17.2. The molecule has 0 N–H and O–H groups in total. The maximum Gasteiger partial charge on any atom is 0.311 e. The van der Waals surface area contributed by atoms with Crippen molar-refractivity contribution in [3.05, 3.63) is 48.8 Å². The molecule has 1 atom stereocenters. The molecular formula is C17H16N2O4. The number of anilines is 1. The highest BCUT2D eigenvalue weighted by molar-refractivity contribution is 5.99. The van der Waals surface area contributed by atoms with Crippen molar-refractivity contribution in [1.29, 1.82) is 0 Å². The van der Waals surface area contributed by atoms with Crippen LogP contribution < -0.4 is 9.64 Å². The summed E-state index contributed by atoms with van der Waals surface area (Å²) in [6.07, 6.45) is 3.48. The molecule has 1 fully saturated rings. The molecular weight excluding hydrogens is 296 g/mol. The fraction of sp³-hybridized carbons (Fsp3) is 0.235. The van der Waals surface area contributed by atoms with Crippen LogP contribution in [0.25, 0.3) is 0 Å². The van der Waals surface area contributed by atoms with Crippen LogP contribution in [0.15, 0.2) is 48.8 Å². The Balaban J connectivity index is 1.70. The molecule has 1 aliphatic heterocycles. The van der Waals surface area contributed by atoms with Crippen molar-refractivity contribution in [2.45, 2.75) is 6.42 Å². The molecule has 3 rings (SSSR count). The van der Waals surface area contributed by atoms with Crippen LogP contribution in [-0.2, 0) is 14.3 Å². The number of carbonyl (C=O) groups is 2. The van der Waals surface area contributed by atoms with Gasteiger partial charge in [-0.05, 0) is 36.4 Å². The van der Waals surface area contributed by atoms with Gasteiger partial charge >= 0.3 is 5.97 Å². The first-order valence-corrected chi connectivity index (χ1v) is 7.23. The van der Waals surface area contributed by atoms with Gasteiger partial charge in [-0.3, -0.25) is 14.6 Å². The number of rotatable bonds is 4. The molecule has 0 radical (unpaired) electrons. The lowest BCUT2D eigenvalue weighted by Crippen LogP contribution is -2.26. The van der Waals surface area contributed by atoms with Crippen molar-refractivity contribution in [3.63, 3.8) is 0 Å². The number of hydrogen-bond acceptors (Lipinski definition) is 5. The Labute approximate surface area is 133 Å². The number of esters is 1. The molecule has 6 heteroatoms. The van der Waals surface area contributed by atoms with Gasteiger partial charge in [0.05, 0.1) is 19.2 Å². The van der Waals surface area contributed by atoms with E-state index in [2.05, 4.69) is 4.98 Å². The number of carbonyl (C=O) groups excluding carboxylic acids is 2. The molecule has 23 heavy (non-hydrogen) atoms. The predicted octanol–water partition coefficient (Wildman–Crippen LogP) is 2.40. The van der Waals surface area contributed by atoms with E-state index < -0.39 is 5.92 Å². The quantitative estimate of drug-likeness (QED) is 0.811. The number of ether oxygens (including phenoxy) is 2. The first-order valence-electron chi connectivity index (χ1n) is 7.23. The van der Waals surface area contributed by atoms with Gasteiger partial charge in [-0.25, -0.2) is 0 Å². The van der Waals surface area contributed by atoms with Gasteiger partial charge in [0.25, 0.3) is 0 Å². The molecule has 2 aromatic rings. The summed E-state index contributed by atoms with van der Waals surface area (Å²) in [4.78, 5) is 29.2. The zero-order chi connectivity index (χ0) is 16.2. The van der Waals surface area contributed by atoms with Crippen molar-refractivity contribution >= 4 is 17.6 Å². The molecule has 2 heterocycles. The van der Waals surface area contributed by atoms with Gasteiger partial charge in [0.15, 0.2) is 0 Å². The number of amides is 1. The molecule has 0 aliphatic carbocycles. The molecule has 0 spiro atoms. The first kappa shape index (κ1) is 15.0. The minimum atomic E-state index is -0.404. The van der Waals surface area contributed by atoms with Crippen molar-refractivity contribution < 1.29 is 19.1 Å². The minimum Gasteiger partial charge on any atom is -0.469 e. The van der Waals surface area contributed by atoms with Gasteiger partial charge in [0.2, 0.25) is 5.91 Å². The van der Waals surface area contributed by atoms with E-state index in [1.54, 1.807) is 47.6 Å². The monoisotopic (exact) mass is 312 g/mol. The van der Waals surface area contributed by atoms with E-state index in [9.17, 15) is 9.59 Å². The number of aromatic nitrogens is 1. The Morgan fingerprint density at radius 1 is 1.22 bits per heavy atom. The maximum atomic E-state index is 12.1. The zero-order valence-corrected chi connectivity index (χ0v) is 12.6. The molecule has 118 valence electrons. The molecule has 6 nitrogen and oxygen atoms in total. The van der Waals surface area contributed by atoms with Crippen LogP contribution >= 0.6 is 0 Å². The average molecular weight is 312 g/mol. The molecule has 0 bridgehead atoms. The predicted molar refractivity (Wildman–Crippen MR) is 83.2 cm³/mol. The molecule has 1 aliphatic rings. The second kappa shape index (κ2) is 6.48. The van der Waals surface area contributed by atoms with Crippen LogP contribution in [0.5, 0.6) is 11.5 Å². The van der Waals surface area contributed by atoms with E-state index in [0.717, 1.165) is 5.69 Å². The summed E-state index contributed by atoms with van der Waals surface area (Å²) in [5, 5.41) is 0. The van der Waals surface area contributed by atoms with Gasteiger partial charge < -0.3 is 14.4 Å². The number of methoxy groups -OCH3 is 1. The highest BCUT2D eigenvalue weighted by Gasteiger charge is 2.35. The maximum absolute atomic E-state index is 12.1. The number of benzene rings is 1. The van der Waals surface area contributed by atoms with Crippen LogP contribution in [0.1, 0.15) is 6.42 Å². The summed E-state index contributed by atoms with van der Waals surface area (Å²) in [6.45, 7) is 0.342. The fourth-order valence-corrected chi connectivity index (χ4v) is 2.52. The Kier molecular flexibility index (Phi) is 4.23. The second-order valence-corrected chi connectivity index (χ2v) is 5.21. The third-order valence-corrected chi connectivity index (χ3v) is 3.68. The molecule has 1 saturated heterocycles. The van der Waals surface area contributed by atoms with E-state index >= 15 is 0 Å². The Morgan fingerprint density at radius 2 is 2.00 bits per heavy atom. The van der Waals surface area contributed by atoms with Gasteiger partial charge in [-0.1, -0.05) is 0 Å². The summed E-state index contributed by atoms with van der Waals surface area (Å²) >= 11 is 0. The lowest BCUT2D eigenvalue weighted by atomic mass is 10.1. The van der Waals surface area contributed by atoms with Gasteiger partial charge in [-0.2, -0.15) is 0 Å². The van der Waals surface area contributed by atoms with E-state index in [4.69, 9.17) is 9.47 Å². The zero-order valence-electron chi connectivity index (χ0n) is 12.6. The standard InChI is InChI=1S/C17H16N2O4/c1-22-17(21)12-9-16(20)19(11-12)13-4-6-14(7-5-13)23-15-3-2-8-18-10-15/h2-8,10,12H,9,11H2,1H3. The summed E-state index contributed by atoms with van der Waals surface area (Å²) in [7, 11) is 1.33. The van der Waals surface area contributed by atoms with E-state index in [0.29, 0.717) is 18.0 Å². The third kappa shape index (κ3) is 3.31. The lowest BCUT2D eigenvalue weighted by molar-refractivity contribution is -0.145. The highest BCUT2D eigenvalue weighted by atomic mass is 16.5. The Morgan fingerprint density at radius 3 is 2.65 bits per heavy atom. The van der Waals surface area contributed by atoms with E-state index in [-0.39, 0.29) is 18.3 Å². The summed E-state index contributed by atoms with van der Waals surface area (Å²) in [5.74, 6) is 0.457.